The van der Waals surface area contributed by atoms with Gasteiger partial charge < -0.3 is 4.90 Å². The zero-order chi connectivity index (χ0) is 17.2. The molecule has 0 N–H and O–H groups in total. The molecule has 6 heteroatoms. The Morgan fingerprint density at radius 2 is 2.00 bits per heavy atom. The Labute approximate surface area is 144 Å². The van der Waals surface area contributed by atoms with E-state index in [9.17, 15) is 13.2 Å². The van der Waals surface area contributed by atoms with Crippen molar-refractivity contribution in [1.82, 2.24) is 4.90 Å². The first-order valence-corrected chi connectivity index (χ1v) is 10.4. The van der Waals surface area contributed by atoms with Crippen LogP contribution in [0.15, 0.2) is 24.3 Å². The highest BCUT2D eigenvalue weighted by Crippen LogP contribution is 2.29. The van der Waals surface area contributed by atoms with Gasteiger partial charge in [-0.1, -0.05) is 25.1 Å². The maximum absolute atomic E-state index is 12.8. The molecule has 24 heavy (non-hydrogen) atoms. The monoisotopic (exact) mass is 350 g/mol. The Morgan fingerprint density at radius 3 is 2.79 bits per heavy atom. The van der Waals surface area contributed by atoms with Gasteiger partial charge in [0.25, 0.3) is 0 Å². The lowest BCUT2D eigenvalue weighted by Crippen LogP contribution is -2.41. The van der Waals surface area contributed by atoms with Crippen molar-refractivity contribution >= 4 is 21.6 Å². The third-order valence-corrected chi connectivity index (χ3v) is 6.76. The number of sulfonamides is 1. The molecule has 0 bridgehead atoms. The maximum Gasteiger partial charge on any atom is 0.235 e. The average Bonchev–Trinajstić information content (AvgIpc) is 2.59. The number of carbonyl (C=O) groups is 1. The number of rotatable bonds is 4. The van der Waals surface area contributed by atoms with Crippen LogP contribution in [0.4, 0.5) is 5.69 Å². The average molecular weight is 350 g/mol. The highest BCUT2D eigenvalue weighted by molar-refractivity contribution is 7.92. The summed E-state index contributed by atoms with van der Waals surface area (Å²) in [5, 5.41) is 0. The molecule has 0 spiro atoms. The van der Waals surface area contributed by atoms with Crippen LogP contribution in [0.5, 0.6) is 0 Å². The minimum atomic E-state index is -3.46. The lowest BCUT2D eigenvalue weighted by molar-refractivity contribution is -0.132. The summed E-state index contributed by atoms with van der Waals surface area (Å²) in [5.41, 5.74) is 1.85. The van der Waals surface area contributed by atoms with Crippen molar-refractivity contribution in [2.24, 2.45) is 5.92 Å². The molecule has 5 nitrogen and oxygen atoms in total. The predicted molar refractivity (Wildman–Crippen MR) is 95.5 cm³/mol. The molecule has 1 aromatic rings. The van der Waals surface area contributed by atoms with E-state index in [1.807, 2.05) is 29.2 Å². The Balaban J connectivity index is 1.65. The molecule has 1 saturated heterocycles. The van der Waals surface area contributed by atoms with Gasteiger partial charge in [0.1, 0.15) is 0 Å². The summed E-state index contributed by atoms with van der Waals surface area (Å²) in [6, 6.07) is 7.65. The molecule has 1 amide bonds. The van der Waals surface area contributed by atoms with Gasteiger partial charge in [0.15, 0.2) is 0 Å². The molecule has 1 unspecified atom stereocenters. The molecule has 1 atom stereocenters. The van der Waals surface area contributed by atoms with Crippen molar-refractivity contribution in [3.05, 3.63) is 29.8 Å². The Kier molecular flexibility index (Phi) is 5.13. The van der Waals surface area contributed by atoms with E-state index in [4.69, 9.17) is 0 Å². The predicted octanol–water partition coefficient (Wildman–Crippen LogP) is 2.42. The number of anilines is 1. The van der Waals surface area contributed by atoms with Crippen LogP contribution < -0.4 is 4.31 Å². The standard InChI is InChI=1S/C18H26N2O3S/c1-15-6-4-11-19(14-15)18(21)10-13-24(22,23)20-12-5-8-16-7-2-3-9-17(16)20/h2-3,7,9,15H,4-6,8,10-14H2,1H3. The van der Waals surface area contributed by atoms with E-state index in [1.54, 1.807) is 0 Å². The van der Waals surface area contributed by atoms with Crippen molar-refractivity contribution in [1.29, 1.82) is 0 Å². The zero-order valence-electron chi connectivity index (χ0n) is 14.3. The number of amides is 1. The summed E-state index contributed by atoms with van der Waals surface area (Å²) < 4.78 is 27.0. The molecule has 2 aliphatic rings. The topological polar surface area (TPSA) is 57.7 Å². The van der Waals surface area contributed by atoms with Crippen LogP contribution >= 0.6 is 0 Å². The largest absolute Gasteiger partial charge is 0.342 e. The summed E-state index contributed by atoms with van der Waals surface area (Å²) in [4.78, 5) is 14.2. The van der Waals surface area contributed by atoms with Crippen LogP contribution in [0.2, 0.25) is 0 Å². The Bertz CT molecular complexity index is 702. The Morgan fingerprint density at radius 1 is 1.21 bits per heavy atom. The number of hydrogen-bond acceptors (Lipinski definition) is 3. The summed E-state index contributed by atoms with van der Waals surface area (Å²) in [6.45, 7) is 4.16. The fraction of sp³-hybridized carbons (Fsp3) is 0.611. The molecule has 132 valence electrons. The van der Waals surface area contributed by atoms with E-state index in [0.717, 1.165) is 50.0 Å². The maximum atomic E-state index is 12.8. The van der Waals surface area contributed by atoms with Crippen molar-refractivity contribution in [2.45, 2.75) is 39.0 Å². The van der Waals surface area contributed by atoms with Crippen LogP contribution in [0.25, 0.3) is 0 Å². The van der Waals surface area contributed by atoms with Crippen molar-refractivity contribution in [2.75, 3.05) is 29.7 Å². The first-order chi connectivity index (χ1) is 11.5. The van der Waals surface area contributed by atoms with E-state index in [2.05, 4.69) is 6.92 Å². The van der Waals surface area contributed by atoms with Crippen LogP contribution in [0, 0.1) is 5.92 Å². The van der Waals surface area contributed by atoms with Gasteiger partial charge in [-0.3, -0.25) is 9.10 Å². The fourth-order valence-electron chi connectivity index (χ4n) is 3.69. The highest BCUT2D eigenvalue weighted by Gasteiger charge is 2.29. The smallest absolute Gasteiger partial charge is 0.235 e. The second kappa shape index (κ2) is 7.13. The number of benzene rings is 1. The molecule has 2 heterocycles. The zero-order valence-corrected chi connectivity index (χ0v) is 15.1. The van der Waals surface area contributed by atoms with Gasteiger partial charge in [-0.15, -0.1) is 0 Å². The number of hydrogen-bond donors (Lipinski definition) is 0. The number of likely N-dealkylation sites (tertiary alicyclic amines) is 1. The molecule has 1 fully saturated rings. The number of fused-ring (bicyclic) bond motifs is 1. The summed E-state index contributed by atoms with van der Waals surface area (Å²) in [7, 11) is -3.46. The lowest BCUT2D eigenvalue weighted by Gasteiger charge is -2.32. The highest BCUT2D eigenvalue weighted by atomic mass is 32.2. The summed E-state index contributed by atoms with van der Waals surface area (Å²) >= 11 is 0. The minimum Gasteiger partial charge on any atom is -0.342 e. The SMILES string of the molecule is CC1CCCN(C(=O)CCS(=O)(=O)N2CCCc3ccccc32)C1. The van der Waals surface area contributed by atoms with E-state index >= 15 is 0 Å². The minimum absolute atomic E-state index is 0.0320. The van der Waals surface area contributed by atoms with Gasteiger partial charge in [-0.2, -0.15) is 0 Å². The van der Waals surface area contributed by atoms with Crippen LogP contribution in [0.3, 0.4) is 0 Å². The van der Waals surface area contributed by atoms with Gasteiger partial charge in [0.2, 0.25) is 15.9 Å². The molecule has 0 aromatic heterocycles. The van der Waals surface area contributed by atoms with E-state index in [1.165, 1.54) is 4.31 Å². The first kappa shape index (κ1) is 17.3. The lowest BCUT2D eigenvalue weighted by atomic mass is 10.0. The second-order valence-electron chi connectivity index (χ2n) is 6.96. The van der Waals surface area contributed by atoms with Crippen LogP contribution in [-0.4, -0.2) is 44.6 Å². The van der Waals surface area contributed by atoms with Gasteiger partial charge in [0, 0.05) is 26.1 Å². The number of piperidine rings is 1. The Hall–Kier alpha value is -1.56. The quantitative estimate of drug-likeness (QED) is 0.838. The van der Waals surface area contributed by atoms with Gasteiger partial charge in [-0.05, 0) is 43.2 Å². The number of para-hydroxylation sites is 1. The molecular formula is C18H26N2O3S. The summed E-state index contributed by atoms with van der Waals surface area (Å²) in [6.07, 6.45) is 3.97. The number of nitrogens with zero attached hydrogens (tertiary/aromatic N) is 2. The van der Waals surface area contributed by atoms with Gasteiger partial charge >= 0.3 is 0 Å². The second-order valence-corrected chi connectivity index (χ2v) is 8.97. The van der Waals surface area contributed by atoms with E-state index in [-0.39, 0.29) is 18.1 Å². The molecule has 0 radical (unpaired) electrons. The molecule has 3 rings (SSSR count). The van der Waals surface area contributed by atoms with Crippen molar-refractivity contribution in [3.63, 3.8) is 0 Å². The van der Waals surface area contributed by atoms with Crippen molar-refractivity contribution < 1.29 is 13.2 Å². The molecule has 2 aliphatic heterocycles. The third kappa shape index (κ3) is 3.74. The first-order valence-electron chi connectivity index (χ1n) is 8.83. The van der Waals surface area contributed by atoms with E-state index in [0.29, 0.717) is 12.5 Å². The molecule has 1 aromatic carbocycles. The summed E-state index contributed by atoms with van der Waals surface area (Å²) in [5.74, 6) is 0.370. The third-order valence-electron chi connectivity index (χ3n) is 4.99. The molecule has 0 saturated carbocycles. The normalized spacial score (nSPS) is 21.5. The van der Waals surface area contributed by atoms with Crippen LogP contribution in [0.1, 0.15) is 38.2 Å². The fourth-order valence-corrected chi connectivity index (χ4v) is 5.23. The molecular weight excluding hydrogens is 324 g/mol. The van der Waals surface area contributed by atoms with Crippen molar-refractivity contribution in [3.8, 4) is 0 Å². The van der Waals surface area contributed by atoms with Gasteiger partial charge in [0.05, 0.1) is 11.4 Å². The number of carbonyl (C=O) groups excluding carboxylic acids is 1. The van der Waals surface area contributed by atoms with Gasteiger partial charge in [-0.25, -0.2) is 8.42 Å². The number of aryl methyl sites for hydroxylation is 1. The van der Waals surface area contributed by atoms with E-state index < -0.39 is 10.0 Å². The molecule has 0 aliphatic carbocycles. The van der Waals surface area contributed by atoms with Crippen LogP contribution in [-0.2, 0) is 21.2 Å².